The predicted molar refractivity (Wildman–Crippen MR) is 74.1 cm³/mol. The molecular formula is C13H19BN2O2. The van der Waals surface area contributed by atoms with Gasteiger partial charge in [0.15, 0.2) is 0 Å². The Hall–Kier alpha value is -1.78. The summed E-state index contributed by atoms with van der Waals surface area (Å²) in [5.74, 6) is -0.982. The first-order chi connectivity index (χ1) is 8.42. The minimum atomic E-state index is -0.588. The van der Waals surface area contributed by atoms with E-state index in [1.165, 1.54) is 6.42 Å². The number of primary amides is 1. The summed E-state index contributed by atoms with van der Waals surface area (Å²) in [5, 5.41) is 2.37. The second-order valence-electron chi connectivity index (χ2n) is 3.95. The maximum absolute atomic E-state index is 11.5. The molecule has 1 aromatic carbocycles. The number of rotatable bonds is 3. The van der Waals surface area contributed by atoms with Crippen LogP contribution in [0, 0.1) is 6.92 Å². The number of carbonyl (C=O) groups is 2. The summed E-state index contributed by atoms with van der Waals surface area (Å²) in [6.45, 7) is 5.91. The lowest BCUT2D eigenvalue weighted by molar-refractivity contribution is -0.117. The molecule has 0 unspecified atom stereocenters. The molecule has 2 amide bonds. The minimum absolute atomic E-state index is 0.188. The smallest absolute Gasteiger partial charge is 0.251 e. The average molecular weight is 246 g/mol. The average Bonchev–Trinajstić information content (AvgIpc) is 2.30. The zero-order valence-electron chi connectivity index (χ0n) is 11.1. The molecule has 0 atom stereocenters. The summed E-state index contributed by atoms with van der Waals surface area (Å²) in [4.78, 5) is 22.0. The molecule has 1 aromatic rings. The molecule has 0 spiro atoms. The van der Waals surface area contributed by atoms with Crippen LogP contribution in [0.25, 0.3) is 0 Å². The molecule has 0 aromatic heterocycles. The Bertz CT molecular complexity index is 419. The zero-order valence-corrected chi connectivity index (χ0v) is 11.1. The second-order valence-corrected chi connectivity index (χ2v) is 3.95. The lowest BCUT2D eigenvalue weighted by Crippen LogP contribution is -2.35. The van der Waals surface area contributed by atoms with Gasteiger partial charge in [0.05, 0.1) is 6.54 Å². The fourth-order valence-electron chi connectivity index (χ4n) is 1.13. The van der Waals surface area contributed by atoms with Crippen LogP contribution in [0.2, 0.25) is 0 Å². The molecule has 2 radical (unpaired) electrons. The van der Waals surface area contributed by atoms with Crippen molar-refractivity contribution in [2.24, 2.45) is 5.73 Å². The first-order valence-corrected chi connectivity index (χ1v) is 5.84. The van der Waals surface area contributed by atoms with Crippen LogP contribution in [0.5, 0.6) is 0 Å². The number of hydrogen-bond acceptors (Lipinski definition) is 2. The lowest BCUT2D eigenvalue weighted by Gasteiger charge is -2.07. The Morgan fingerprint density at radius 2 is 1.89 bits per heavy atom. The Balaban J connectivity index is 0.000000873. The van der Waals surface area contributed by atoms with Crippen LogP contribution in [0.15, 0.2) is 18.2 Å². The number of aryl methyl sites for hydroxylation is 1. The molecule has 0 saturated carbocycles. The number of nitrogens with two attached hydrogens (primary N) is 1. The van der Waals surface area contributed by atoms with Gasteiger partial charge in [0, 0.05) is 5.56 Å². The van der Waals surface area contributed by atoms with E-state index in [0.717, 1.165) is 5.56 Å². The summed E-state index contributed by atoms with van der Waals surface area (Å²) in [7, 11) is 5.62. The maximum atomic E-state index is 11.5. The van der Waals surface area contributed by atoms with Crippen LogP contribution in [0.4, 0.5) is 0 Å². The van der Waals surface area contributed by atoms with E-state index in [9.17, 15) is 9.59 Å². The van der Waals surface area contributed by atoms with Gasteiger partial charge in [-0.05, 0) is 13.0 Å². The molecule has 18 heavy (non-hydrogen) atoms. The Morgan fingerprint density at radius 1 is 1.33 bits per heavy atom. The van der Waals surface area contributed by atoms with Crippen molar-refractivity contribution < 1.29 is 9.59 Å². The highest BCUT2D eigenvalue weighted by Gasteiger charge is 2.08. The number of amides is 2. The predicted octanol–water partition coefficient (Wildman–Crippen LogP) is 0.420. The van der Waals surface area contributed by atoms with E-state index in [-0.39, 0.29) is 6.54 Å². The van der Waals surface area contributed by atoms with Gasteiger partial charge < -0.3 is 11.1 Å². The molecule has 0 saturated heterocycles. The molecule has 0 aliphatic heterocycles. The molecule has 0 aliphatic rings. The third-order valence-corrected chi connectivity index (χ3v) is 1.88. The van der Waals surface area contributed by atoms with Gasteiger partial charge in [-0.1, -0.05) is 43.4 Å². The third-order valence-electron chi connectivity index (χ3n) is 1.88. The van der Waals surface area contributed by atoms with Crippen molar-refractivity contribution in [3.05, 3.63) is 29.3 Å². The highest BCUT2D eigenvalue weighted by Crippen LogP contribution is 2.00. The van der Waals surface area contributed by atoms with Gasteiger partial charge in [-0.25, -0.2) is 0 Å². The summed E-state index contributed by atoms with van der Waals surface area (Å²) in [6.07, 6.45) is 1.25. The molecule has 5 heteroatoms. The first-order valence-electron chi connectivity index (χ1n) is 5.84. The van der Waals surface area contributed by atoms with Gasteiger partial charge in [-0.2, -0.15) is 0 Å². The molecule has 96 valence electrons. The number of hydrogen-bond donors (Lipinski definition) is 2. The van der Waals surface area contributed by atoms with Gasteiger partial charge in [-0.3, -0.25) is 9.59 Å². The largest absolute Gasteiger partial charge is 0.368 e. The molecule has 3 N–H and O–H groups in total. The standard InChI is InChI=1S/C10H11BN2O2.C3H8/c1-6-2-3-8(11)7(4-6)10(15)13-5-9(12)14;1-3-2/h2-4H,5H2,1H3,(H2,12,14)(H,13,15);3H2,1-2H3. The number of benzene rings is 1. The molecule has 0 bridgehead atoms. The second kappa shape index (κ2) is 8.34. The molecule has 0 heterocycles. The van der Waals surface area contributed by atoms with Crippen LogP contribution in [0.1, 0.15) is 36.2 Å². The van der Waals surface area contributed by atoms with Crippen LogP contribution in [-0.2, 0) is 4.79 Å². The summed E-state index contributed by atoms with van der Waals surface area (Å²) in [6, 6.07) is 5.11. The quantitative estimate of drug-likeness (QED) is 0.758. The molecule has 0 aliphatic carbocycles. The molecule has 0 fully saturated rings. The first kappa shape index (κ1) is 16.2. The van der Waals surface area contributed by atoms with Gasteiger partial charge in [0.2, 0.25) is 5.91 Å². The summed E-state index contributed by atoms with van der Waals surface area (Å²) < 4.78 is 0. The van der Waals surface area contributed by atoms with E-state index in [1.54, 1.807) is 18.2 Å². The van der Waals surface area contributed by atoms with Gasteiger partial charge in [0.25, 0.3) is 5.91 Å². The third kappa shape index (κ3) is 6.08. The van der Waals surface area contributed by atoms with Crippen molar-refractivity contribution in [2.45, 2.75) is 27.2 Å². The van der Waals surface area contributed by atoms with E-state index < -0.39 is 11.8 Å². The fraction of sp³-hybridized carbons (Fsp3) is 0.385. The minimum Gasteiger partial charge on any atom is -0.368 e. The van der Waals surface area contributed by atoms with E-state index in [0.29, 0.717) is 11.0 Å². The molecular weight excluding hydrogens is 227 g/mol. The SMILES string of the molecule is CCC.[B]c1ccc(C)cc1C(=O)NCC(N)=O. The highest BCUT2D eigenvalue weighted by atomic mass is 16.2. The van der Waals surface area contributed by atoms with E-state index in [4.69, 9.17) is 13.6 Å². The summed E-state index contributed by atoms with van der Waals surface area (Å²) >= 11 is 0. The highest BCUT2D eigenvalue weighted by molar-refractivity contribution is 6.36. The van der Waals surface area contributed by atoms with Gasteiger partial charge in [-0.15, -0.1) is 0 Å². The number of carbonyl (C=O) groups excluding carboxylic acids is 2. The normalized spacial score (nSPS) is 9.06. The lowest BCUT2D eigenvalue weighted by atomic mass is 9.89. The van der Waals surface area contributed by atoms with E-state index in [2.05, 4.69) is 19.2 Å². The van der Waals surface area contributed by atoms with Crippen molar-refractivity contribution in [1.82, 2.24) is 5.32 Å². The summed E-state index contributed by atoms with van der Waals surface area (Å²) in [5.41, 5.74) is 6.56. The van der Waals surface area contributed by atoms with Crippen molar-refractivity contribution in [2.75, 3.05) is 6.54 Å². The van der Waals surface area contributed by atoms with Crippen molar-refractivity contribution in [3.63, 3.8) is 0 Å². The van der Waals surface area contributed by atoms with Crippen molar-refractivity contribution in [1.29, 1.82) is 0 Å². The monoisotopic (exact) mass is 246 g/mol. The zero-order chi connectivity index (χ0) is 14.1. The Labute approximate surface area is 109 Å². The van der Waals surface area contributed by atoms with E-state index >= 15 is 0 Å². The Kier molecular flexibility index (Phi) is 7.51. The van der Waals surface area contributed by atoms with E-state index in [1.807, 2.05) is 6.92 Å². The maximum Gasteiger partial charge on any atom is 0.251 e. The van der Waals surface area contributed by atoms with Gasteiger partial charge in [0.1, 0.15) is 7.85 Å². The van der Waals surface area contributed by atoms with Crippen LogP contribution < -0.4 is 16.5 Å². The number of nitrogens with one attached hydrogen (secondary N) is 1. The van der Waals surface area contributed by atoms with Crippen molar-refractivity contribution >= 4 is 25.1 Å². The Morgan fingerprint density at radius 3 is 2.39 bits per heavy atom. The molecule has 1 rings (SSSR count). The topological polar surface area (TPSA) is 72.2 Å². The van der Waals surface area contributed by atoms with Crippen molar-refractivity contribution in [3.8, 4) is 0 Å². The van der Waals surface area contributed by atoms with Crippen LogP contribution in [-0.4, -0.2) is 26.2 Å². The fourth-order valence-corrected chi connectivity index (χ4v) is 1.13. The van der Waals surface area contributed by atoms with Crippen LogP contribution >= 0.6 is 0 Å². The van der Waals surface area contributed by atoms with Crippen LogP contribution in [0.3, 0.4) is 0 Å². The molecule has 4 nitrogen and oxygen atoms in total. The van der Waals surface area contributed by atoms with Gasteiger partial charge >= 0.3 is 0 Å².